The first kappa shape index (κ1) is 16.0. The maximum Gasteiger partial charge on any atom is 0.240 e. The summed E-state index contributed by atoms with van der Waals surface area (Å²) in [6, 6.07) is 3.60. The van der Waals surface area contributed by atoms with Gasteiger partial charge in [-0.3, -0.25) is 0 Å². The fourth-order valence-electron chi connectivity index (χ4n) is 1.62. The van der Waals surface area contributed by atoms with E-state index in [4.69, 9.17) is 18.0 Å². The summed E-state index contributed by atoms with van der Waals surface area (Å²) in [5.74, 6) is -0.451. The zero-order valence-corrected chi connectivity index (χ0v) is 12.3. The molecule has 0 heterocycles. The lowest BCUT2D eigenvalue weighted by Crippen LogP contribution is -2.25. The molecule has 1 aromatic rings. The van der Waals surface area contributed by atoms with Gasteiger partial charge < -0.3 is 5.73 Å². The van der Waals surface area contributed by atoms with E-state index in [9.17, 15) is 12.8 Å². The van der Waals surface area contributed by atoms with Crippen molar-refractivity contribution in [2.24, 2.45) is 5.73 Å². The molecule has 1 aromatic carbocycles. The van der Waals surface area contributed by atoms with Crippen molar-refractivity contribution in [2.75, 3.05) is 6.54 Å². The van der Waals surface area contributed by atoms with E-state index in [0.29, 0.717) is 29.9 Å². The number of hydrogen-bond donors (Lipinski definition) is 2. The normalized spacial score (nSPS) is 11.5. The first-order valence-corrected chi connectivity index (χ1v) is 7.76. The zero-order valence-electron chi connectivity index (χ0n) is 10.6. The van der Waals surface area contributed by atoms with Crippen LogP contribution in [-0.2, 0) is 10.0 Å². The van der Waals surface area contributed by atoms with Crippen molar-refractivity contribution in [1.29, 1.82) is 0 Å². The highest BCUT2D eigenvalue weighted by molar-refractivity contribution is 7.89. The number of hydrogen-bond acceptors (Lipinski definition) is 3. The number of thiocarbonyl (C=S) groups is 1. The first-order chi connectivity index (χ1) is 8.83. The fraction of sp³-hybridized carbons (Fsp3) is 0.417. The summed E-state index contributed by atoms with van der Waals surface area (Å²) in [5, 5.41) is 0. The van der Waals surface area contributed by atoms with Gasteiger partial charge in [-0.2, -0.15) is 0 Å². The Morgan fingerprint density at radius 1 is 1.42 bits per heavy atom. The highest BCUT2D eigenvalue weighted by atomic mass is 32.2. The molecule has 19 heavy (non-hydrogen) atoms. The fourth-order valence-corrected chi connectivity index (χ4v) is 3.07. The van der Waals surface area contributed by atoms with Crippen LogP contribution in [0, 0.1) is 12.7 Å². The second-order valence-electron chi connectivity index (χ2n) is 4.23. The van der Waals surface area contributed by atoms with Crippen molar-refractivity contribution in [3.8, 4) is 0 Å². The molecule has 0 aromatic heterocycles. The number of unbranched alkanes of at least 4 members (excludes halogenated alkanes) is 1. The molecular formula is C12H17FN2O2S2. The number of nitrogens with two attached hydrogens (primary N) is 1. The maximum atomic E-state index is 12.9. The van der Waals surface area contributed by atoms with Crippen LogP contribution in [0.15, 0.2) is 23.1 Å². The molecule has 0 unspecified atom stereocenters. The van der Waals surface area contributed by atoms with Gasteiger partial charge in [-0.15, -0.1) is 0 Å². The van der Waals surface area contributed by atoms with Crippen LogP contribution < -0.4 is 10.5 Å². The molecule has 0 bridgehead atoms. The zero-order chi connectivity index (χ0) is 14.5. The van der Waals surface area contributed by atoms with Gasteiger partial charge in [-0.25, -0.2) is 17.5 Å². The average Bonchev–Trinajstić information content (AvgIpc) is 2.27. The summed E-state index contributed by atoms with van der Waals surface area (Å²) < 4.78 is 39.4. The molecule has 0 spiro atoms. The molecule has 1 rings (SSSR count). The van der Waals surface area contributed by atoms with Crippen LogP contribution in [-0.4, -0.2) is 20.0 Å². The number of sulfonamides is 1. The van der Waals surface area contributed by atoms with Gasteiger partial charge in [0.15, 0.2) is 0 Å². The predicted octanol–water partition coefficient (Wildman–Crippen LogP) is 1.87. The Morgan fingerprint density at radius 2 is 2.11 bits per heavy atom. The highest BCUT2D eigenvalue weighted by Gasteiger charge is 2.16. The monoisotopic (exact) mass is 304 g/mol. The highest BCUT2D eigenvalue weighted by Crippen LogP contribution is 2.15. The molecule has 0 saturated heterocycles. The molecule has 0 atom stereocenters. The molecule has 0 saturated carbocycles. The Bertz CT molecular complexity index is 559. The van der Waals surface area contributed by atoms with E-state index in [1.807, 2.05) is 0 Å². The number of nitrogens with one attached hydrogen (secondary N) is 1. The van der Waals surface area contributed by atoms with Crippen molar-refractivity contribution in [2.45, 2.75) is 31.1 Å². The minimum absolute atomic E-state index is 0.100. The van der Waals surface area contributed by atoms with E-state index in [2.05, 4.69) is 4.72 Å². The van der Waals surface area contributed by atoms with Crippen LogP contribution in [0.25, 0.3) is 0 Å². The summed E-state index contributed by atoms with van der Waals surface area (Å²) in [7, 11) is -3.59. The van der Waals surface area contributed by atoms with Crippen LogP contribution in [0.4, 0.5) is 4.39 Å². The molecule has 0 fully saturated rings. The van der Waals surface area contributed by atoms with Crippen molar-refractivity contribution in [3.05, 3.63) is 29.6 Å². The van der Waals surface area contributed by atoms with Gasteiger partial charge >= 0.3 is 0 Å². The van der Waals surface area contributed by atoms with E-state index in [1.165, 1.54) is 12.1 Å². The minimum atomic E-state index is -3.59. The molecule has 106 valence electrons. The van der Waals surface area contributed by atoms with Crippen LogP contribution in [0.5, 0.6) is 0 Å². The second kappa shape index (κ2) is 6.93. The van der Waals surface area contributed by atoms with Crippen LogP contribution >= 0.6 is 12.2 Å². The van der Waals surface area contributed by atoms with E-state index >= 15 is 0 Å². The Hall–Kier alpha value is -1.05. The van der Waals surface area contributed by atoms with Gasteiger partial charge in [-0.1, -0.05) is 12.2 Å². The Kier molecular flexibility index (Phi) is 5.84. The topological polar surface area (TPSA) is 72.2 Å². The van der Waals surface area contributed by atoms with Gasteiger partial charge in [0.2, 0.25) is 10.0 Å². The summed E-state index contributed by atoms with van der Waals surface area (Å²) in [4.78, 5) is 0.528. The molecular weight excluding hydrogens is 287 g/mol. The van der Waals surface area contributed by atoms with Gasteiger partial charge in [0.1, 0.15) is 5.82 Å². The summed E-state index contributed by atoms with van der Waals surface area (Å²) in [5.41, 5.74) is 5.73. The lowest BCUT2D eigenvalue weighted by molar-refractivity contribution is 0.576. The van der Waals surface area contributed by atoms with E-state index in [0.717, 1.165) is 12.5 Å². The third-order valence-corrected chi connectivity index (χ3v) is 4.39. The smallest absolute Gasteiger partial charge is 0.240 e. The molecule has 0 aliphatic carbocycles. The SMILES string of the molecule is Cc1cc(F)ccc1S(=O)(=O)NCCCCC(N)=S. The Labute approximate surface area is 118 Å². The summed E-state index contributed by atoms with van der Waals surface area (Å²) >= 11 is 4.73. The Balaban J connectivity index is 2.59. The number of rotatable bonds is 7. The van der Waals surface area contributed by atoms with Gasteiger partial charge in [0.25, 0.3) is 0 Å². The minimum Gasteiger partial charge on any atom is -0.393 e. The third-order valence-electron chi connectivity index (χ3n) is 2.57. The predicted molar refractivity (Wildman–Crippen MR) is 77.0 cm³/mol. The molecule has 0 aliphatic rings. The summed E-state index contributed by atoms with van der Waals surface area (Å²) in [6.07, 6.45) is 1.99. The first-order valence-electron chi connectivity index (χ1n) is 5.87. The van der Waals surface area contributed by atoms with E-state index < -0.39 is 15.8 Å². The van der Waals surface area contributed by atoms with Crippen LogP contribution in [0.2, 0.25) is 0 Å². The molecule has 0 aliphatic heterocycles. The van der Waals surface area contributed by atoms with Crippen molar-refractivity contribution in [1.82, 2.24) is 4.72 Å². The molecule has 3 N–H and O–H groups in total. The number of halogens is 1. The van der Waals surface area contributed by atoms with Crippen molar-refractivity contribution in [3.63, 3.8) is 0 Å². The number of aryl methyl sites for hydroxylation is 1. The molecule has 0 radical (unpaired) electrons. The van der Waals surface area contributed by atoms with E-state index in [1.54, 1.807) is 6.92 Å². The lowest BCUT2D eigenvalue weighted by Gasteiger charge is -2.09. The molecule has 4 nitrogen and oxygen atoms in total. The number of benzene rings is 1. The standard InChI is InChI=1S/C12H17FN2O2S2/c1-9-8-10(13)5-6-11(9)19(16,17)15-7-3-2-4-12(14)18/h5-6,8,15H,2-4,7H2,1H3,(H2,14,18). The van der Waals surface area contributed by atoms with Crippen molar-refractivity contribution < 1.29 is 12.8 Å². The van der Waals surface area contributed by atoms with Crippen LogP contribution in [0.1, 0.15) is 24.8 Å². The average molecular weight is 304 g/mol. The lowest BCUT2D eigenvalue weighted by atomic mass is 10.2. The third kappa shape index (κ3) is 5.22. The Morgan fingerprint density at radius 3 is 2.68 bits per heavy atom. The van der Waals surface area contributed by atoms with Gasteiger partial charge in [-0.05, 0) is 49.9 Å². The molecule has 7 heteroatoms. The van der Waals surface area contributed by atoms with E-state index in [-0.39, 0.29) is 4.90 Å². The quantitative estimate of drug-likeness (QED) is 0.596. The molecule has 0 amide bonds. The summed E-state index contributed by atoms with van der Waals surface area (Å²) in [6.45, 7) is 1.87. The van der Waals surface area contributed by atoms with Gasteiger partial charge in [0, 0.05) is 6.54 Å². The van der Waals surface area contributed by atoms with Gasteiger partial charge in [0.05, 0.1) is 9.88 Å². The maximum absolute atomic E-state index is 12.9. The second-order valence-corrected chi connectivity index (χ2v) is 6.49. The van der Waals surface area contributed by atoms with Crippen molar-refractivity contribution >= 4 is 27.2 Å². The largest absolute Gasteiger partial charge is 0.393 e. The van der Waals surface area contributed by atoms with Crippen LogP contribution in [0.3, 0.4) is 0 Å².